The highest BCUT2D eigenvalue weighted by atomic mass is 16.5. The maximum Gasteiger partial charge on any atom is 0.0468 e. The number of methoxy groups -OCH3 is 1. The maximum absolute atomic E-state index is 5.21. The van der Waals surface area contributed by atoms with Crippen molar-refractivity contribution >= 4 is 0 Å². The van der Waals surface area contributed by atoms with Crippen molar-refractivity contribution in [3.63, 3.8) is 0 Å². The molecule has 15 heavy (non-hydrogen) atoms. The average molecular weight is 215 g/mol. The van der Waals surface area contributed by atoms with Crippen LogP contribution in [-0.4, -0.2) is 25.8 Å². The first-order valence-electron chi connectivity index (χ1n) is 6.13. The lowest BCUT2D eigenvalue weighted by molar-refractivity contribution is 0.119. The highest BCUT2D eigenvalue weighted by molar-refractivity contribution is 4.82. The molecule has 0 spiro atoms. The van der Waals surface area contributed by atoms with Crippen molar-refractivity contribution < 1.29 is 4.74 Å². The van der Waals surface area contributed by atoms with Gasteiger partial charge in [-0.05, 0) is 45.4 Å². The van der Waals surface area contributed by atoms with Crippen molar-refractivity contribution in [2.24, 2.45) is 5.41 Å². The Kier molecular flexibility index (Phi) is 6.46. The number of nitrogens with one attached hydrogen (secondary N) is 1. The van der Waals surface area contributed by atoms with E-state index in [-0.39, 0.29) is 5.54 Å². The topological polar surface area (TPSA) is 21.3 Å². The van der Waals surface area contributed by atoms with Crippen molar-refractivity contribution in [2.45, 2.75) is 59.4 Å². The fourth-order valence-electron chi connectivity index (χ4n) is 1.71. The van der Waals surface area contributed by atoms with E-state index in [1.165, 1.54) is 12.8 Å². The van der Waals surface area contributed by atoms with Gasteiger partial charge in [0.25, 0.3) is 0 Å². The van der Waals surface area contributed by atoms with Crippen LogP contribution >= 0.6 is 0 Å². The Balaban J connectivity index is 4.23. The van der Waals surface area contributed by atoms with Crippen LogP contribution in [0.2, 0.25) is 0 Å². The van der Waals surface area contributed by atoms with E-state index in [0.717, 1.165) is 19.6 Å². The molecule has 0 aromatic carbocycles. The van der Waals surface area contributed by atoms with Gasteiger partial charge in [0.15, 0.2) is 0 Å². The molecule has 0 amide bonds. The zero-order valence-corrected chi connectivity index (χ0v) is 11.4. The minimum Gasteiger partial charge on any atom is -0.385 e. The average Bonchev–Trinajstić information content (AvgIpc) is 2.18. The van der Waals surface area contributed by atoms with Crippen LogP contribution in [0.3, 0.4) is 0 Å². The molecule has 0 aliphatic heterocycles. The van der Waals surface area contributed by atoms with Crippen LogP contribution in [0.15, 0.2) is 0 Å². The molecule has 0 saturated heterocycles. The van der Waals surface area contributed by atoms with E-state index in [9.17, 15) is 0 Å². The molecule has 0 heterocycles. The van der Waals surface area contributed by atoms with Crippen LogP contribution in [0, 0.1) is 5.41 Å². The van der Waals surface area contributed by atoms with E-state index in [1.54, 1.807) is 7.11 Å². The van der Waals surface area contributed by atoms with E-state index < -0.39 is 0 Å². The van der Waals surface area contributed by atoms with Crippen LogP contribution in [0.4, 0.5) is 0 Å². The molecular weight excluding hydrogens is 186 g/mol. The van der Waals surface area contributed by atoms with Gasteiger partial charge >= 0.3 is 0 Å². The van der Waals surface area contributed by atoms with Crippen molar-refractivity contribution in [3.8, 4) is 0 Å². The Morgan fingerprint density at radius 3 is 1.93 bits per heavy atom. The number of hydrogen-bond donors (Lipinski definition) is 1. The third-order valence-corrected chi connectivity index (χ3v) is 3.33. The minimum absolute atomic E-state index is 0.211. The molecular formula is C13H29NO. The summed E-state index contributed by atoms with van der Waals surface area (Å²) in [6.45, 7) is 13.2. The largest absolute Gasteiger partial charge is 0.385 e. The van der Waals surface area contributed by atoms with Gasteiger partial charge in [0.2, 0.25) is 0 Å². The van der Waals surface area contributed by atoms with Gasteiger partial charge in [-0.25, -0.2) is 0 Å². The SMILES string of the molecule is CCC(CC)(CCOC)CNC(C)(C)C. The molecule has 0 aromatic rings. The Labute approximate surface area is 95.8 Å². The summed E-state index contributed by atoms with van der Waals surface area (Å²) in [5, 5.41) is 3.62. The zero-order valence-electron chi connectivity index (χ0n) is 11.4. The van der Waals surface area contributed by atoms with Gasteiger partial charge < -0.3 is 10.1 Å². The van der Waals surface area contributed by atoms with Gasteiger partial charge in [-0.3, -0.25) is 0 Å². The molecule has 0 radical (unpaired) electrons. The number of hydrogen-bond acceptors (Lipinski definition) is 2. The first-order valence-corrected chi connectivity index (χ1v) is 6.13. The van der Waals surface area contributed by atoms with Gasteiger partial charge in [-0.2, -0.15) is 0 Å². The van der Waals surface area contributed by atoms with E-state index in [4.69, 9.17) is 4.74 Å². The summed E-state index contributed by atoms with van der Waals surface area (Å²) in [7, 11) is 1.78. The first-order chi connectivity index (χ1) is 6.89. The monoisotopic (exact) mass is 215 g/mol. The van der Waals surface area contributed by atoms with Gasteiger partial charge in [0, 0.05) is 25.8 Å². The molecule has 0 aromatic heterocycles. The van der Waals surface area contributed by atoms with Crippen molar-refractivity contribution in [2.75, 3.05) is 20.3 Å². The van der Waals surface area contributed by atoms with E-state index in [2.05, 4.69) is 39.9 Å². The second-order valence-corrected chi connectivity index (χ2v) is 5.55. The van der Waals surface area contributed by atoms with E-state index in [1.807, 2.05) is 0 Å². The predicted molar refractivity (Wildman–Crippen MR) is 67.3 cm³/mol. The molecule has 1 N–H and O–H groups in total. The summed E-state index contributed by atoms with van der Waals surface area (Å²) in [5.74, 6) is 0. The summed E-state index contributed by atoms with van der Waals surface area (Å²) in [4.78, 5) is 0. The minimum atomic E-state index is 0.211. The molecule has 0 rings (SSSR count). The molecule has 2 heteroatoms. The number of ether oxygens (including phenoxy) is 1. The van der Waals surface area contributed by atoms with Gasteiger partial charge in [-0.15, -0.1) is 0 Å². The Morgan fingerprint density at radius 2 is 1.60 bits per heavy atom. The van der Waals surface area contributed by atoms with Crippen molar-refractivity contribution in [1.29, 1.82) is 0 Å². The lowest BCUT2D eigenvalue weighted by Gasteiger charge is -2.35. The van der Waals surface area contributed by atoms with Crippen LogP contribution in [0.5, 0.6) is 0 Å². The molecule has 0 fully saturated rings. The fourth-order valence-corrected chi connectivity index (χ4v) is 1.71. The van der Waals surface area contributed by atoms with Gasteiger partial charge in [-0.1, -0.05) is 13.8 Å². The zero-order chi connectivity index (χ0) is 11.9. The normalized spacial score (nSPS) is 13.2. The highest BCUT2D eigenvalue weighted by Gasteiger charge is 2.27. The molecule has 0 bridgehead atoms. The fraction of sp³-hybridized carbons (Fsp3) is 1.00. The van der Waals surface area contributed by atoms with Crippen molar-refractivity contribution in [3.05, 3.63) is 0 Å². The van der Waals surface area contributed by atoms with Crippen LogP contribution in [0.1, 0.15) is 53.9 Å². The lowest BCUT2D eigenvalue weighted by atomic mass is 9.79. The Morgan fingerprint density at radius 1 is 1.07 bits per heavy atom. The molecule has 0 atom stereocenters. The lowest BCUT2D eigenvalue weighted by Crippen LogP contribution is -2.44. The third-order valence-electron chi connectivity index (χ3n) is 3.33. The molecule has 0 unspecified atom stereocenters. The first kappa shape index (κ1) is 14.9. The predicted octanol–water partition coefficient (Wildman–Crippen LogP) is 3.22. The van der Waals surface area contributed by atoms with E-state index >= 15 is 0 Å². The second-order valence-electron chi connectivity index (χ2n) is 5.55. The van der Waals surface area contributed by atoms with Crippen LogP contribution < -0.4 is 5.32 Å². The van der Waals surface area contributed by atoms with E-state index in [0.29, 0.717) is 5.41 Å². The summed E-state index contributed by atoms with van der Waals surface area (Å²) in [6.07, 6.45) is 3.59. The molecule has 0 saturated carbocycles. The Bertz CT molecular complexity index is 156. The summed E-state index contributed by atoms with van der Waals surface area (Å²) >= 11 is 0. The van der Waals surface area contributed by atoms with Gasteiger partial charge in [0.1, 0.15) is 0 Å². The summed E-state index contributed by atoms with van der Waals surface area (Å²) in [5.41, 5.74) is 0.617. The third kappa shape index (κ3) is 6.16. The van der Waals surface area contributed by atoms with Crippen LogP contribution in [-0.2, 0) is 4.74 Å². The second kappa shape index (κ2) is 6.49. The number of rotatable bonds is 7. The molecule has 0 aliphatic rings. The summed E-state index contributed by atoms with van der Waals surface area (Å²) < 4.78 is 5.21. The molecule has 92 valence electrons. The standard InChI is InChI=1S/C13H29NO/c1-7-13(8-2,9-10-15-6)11-14-12(3,4)5/h14H,7-11H2,1-6H3. The van der Waals surface area contributed by atoms with Crippen molar-refractivity contribution in [1.82, 2.24) is 5.32 Å². The summed E-state index contributed by atoms with van der Waals surface area (Å²) in [6, 6.07) is 0. The molecule has 2 nitrogen and oxygen atoms in total. The Hall–Kier alpha value is -0.0800. The van der Waals surface area contributed by atoms with Gasteiger partial charge in [0.05, 0.1) is 0 Å². The highest BCUT2D eigenvalue weighted by Crippen LogP contribution is 2.30. The maximum atomic E-state index is 5.21. The smallest absolute Gasteiger partial charge is 0.0468 e. The molecule has 0 aliphatic carbocycles. The van der Waals surface area contributed by atoms with Crippen LogP contribution in [0.25, 0.3) is 0 Å². The quantitative estimate of drug-likeness (QED) is 0.704.